The molecule has 1 saturated heterocycles. The van der Waals surface area contributed by atoms with Gasteiger partial charge in [-0.05, 0) is 43.4 Å². The summed E-state index contributed by atoms with van der Waals surface area (Å²) < 4.78 is 0. The molecule has 1 aliphatic heterocycles. The van der Waals surface area contributed by atoms with E-state index in [-0.39, 0.29) is 11.9 Å². The largest absolute Gasteiger partial charge is 0.336 e. The van der Waals surface area contributed by atoms with Crippen LogP contribution in [0.5, 0.6) is 0 Å². The fourth-order valence-electron chi connectivity index (χ4n) is 3.03. The van der Waals surface area contributed by atoms with E-state index in [2.05, 4.69) is 52.7 Å². The van der Waals surface area contributed by atoms with Gasteiger partial charge in [-0.2, -0.15) is 5.21 Å². The Morgan fingerprint density at radius 3 is 2.95 bits per heavy atom. The van der Waals surface area contributed by atoms with Gasteiger partial charge in [0.2, 0.25) is 5.91 Å². The molecule has 2 aromatic rings. The quantitative estimate of drug-likeness (QED) is 0.938. The van der Waals surface area contributed by atoms with E-state index < -0.39 is 0 Å². The van der Waals surface area contributed by atoms with Gasteiger partial charge in [-0.15, -0.1) is 10.2 Å². The van der Waals surface area contributed by atoms with Crippen molar-refractivity contribution >= 4 is 5.91 Å². The van der Waals surface area contributed by atoms with E-state index in [0.717, 1.165) is 19.4 Å². The highest BCUT2D eigenvalue weighted by atomic mass is 16.2. The van der Waals surface area contributed by atoms with Crippen molar-refractivity contribution in [2.75, 3.05) is 6.54 Å². The first kappa shape index (κ1) is 14.7. The van der Waals surface area contributed by atoms with E-state index in [1.54, 1.807) is 0 Å². The van der Waals surface area contributed by atoms with Crippen LogP contribution in [0.3, 0.4) is 0 Å². The SMILES string of the molecule is Cc1ccc(C2CCCN2C(=O)CCc2nn[nH]n2)cc1C. The van der Waals surface area contributed by atoms with Gasteiger partial charge >= 0.3 is 0 Å². The second kappa shape index (κ2) is 6.25. The van der Waals surface area contributed by atoms with Gasteiger partial charge in [0.1, 0.15) is 0 Å². The van der Waals surface area contributed by atoms with Crippen LogP contribution in [0.15, 0.2) is 18.2 Å². The lowest BCUT2D eigenvalue weighted by Gasteiger charge is -2.25. The fourth-order valence-corrected chi connectivity index (χ4v) is 3.03. The van der Waals surface area contributed by atoms with Crippen LogP contribution < -0.4 is 0 Å². The number of H-pyrrole nitrogens is 1. The molecule has 1 fully saturated rings. The molecular weight excluding hydrogens is 278 g/mol. The summed E-state index contributed by atoms with van der Waals surface area (Å²) in [4.78, 5) is 14.5. The van der Waals surface area contributed by atoms with Crippen molar-refractivity contribution in [1.82, 2.24) is 25.5 Å². The van der Waals surface area contributed by atoms with Crippen molar-refractivity contribution in [3.05, 3.63) is 40.7 Å². The van der Waals surface area contributed by atoms with Gasteiger partial charge in [0, 0.05) is 19.4 Å². The van der Waals surface area contributed by atoms with Crippen LogP contribution in [0.1, 0.15) is 47.8 Å². The number of carbonyl (C=O) groups excluding carboxylic acids is 1. The van der Waals surface area contributed by atoms with Gasteiger partial charge in [0.25, 0.3) is 0 Å². The van der Waals surface area contributed by atoms with Crippen molar-refractivity contribution in [3.63, 3.8) is 0 Å². The van der Waals surface area contributed by atoms with Gasteiger partial charge in [-0.25, -0.2) is 0 Å². The molecule has 0 radical (unpaired) electrons. The maximum atomic E-state index is 12.5. The lowest BCUT2D eigenvalue weighted by Crippen LogP contribution is -2.30. The number of carbonyl (C=O) groups is 1. The predicted octanol–water partition coefficient (Wildman–Crippen LogP) is 2.11. The van der Waals surface area contributed by atoms with Crippen LogP contribution in [0.25, 0.3) is 0 Å². The number of tetrazole rings is 1. The fraction of sp³-hybridized carbons (Fsp3) is 0.500. The lowest BCUT2D eigenvalue weighted by atomic mass is 9.99. The van der Waals surface area contributed by atoms with Crippen LogP contribution in [0.2, 0.25) is 0 Å². The van der Waals surface area contributed by atoms with E-state index in [0.29, 0.717) is 18.7 Å². The highest BCUT2D eigenvalue weighted by Crippen LogP contribution is 2.33. The normalized spacial score (nSPS) is 17.9. The van der Waals surface area contributed by atoms with Crippen molar-refractivity contribution in [2.24, 2.45) is 0 Å². The first-order valence-electron chi connectivity index (χ1n) is 7.74. The number of rotatable bonds is 4. The van der Waals surface area contributed by atoms with Gasteiger partial charge in [-0.1, -0.05) is 23.4 Å². The van der Waals surface area contributed by atoms with E-state index in [9.17, 15) is 4.79 Å². The molecule has 3 rings (SSSR count). The average molecular weight is 299 g/mol. The highest BCUT2D eigenvalue weighted by Gasteiger charge is 2.29. The third kappa shape index (κ3) is 3.00. The summed E-state index contributed by atoms with van der Waals surface area (Å²) >= 11 is 0. The van der Waals surface area contributed by atoms with E-state index in [1.165, 1.54) is 16.7 Å². The topological polar surface area (TPSA) is 74.8 Å². The minimum atomic E-state index is 0.172. The molecule has 1 unspecified atom stereocenters. The Labute approximate surface area is 129 Å². The summed E-state index contributed by atoms with van der Waals surface area (Å²) in [6.07, 6.45) is 3.06. The molecule has 22 heavy (non-hydrogen) atoms. The smallest absolute Gasteiger partial charge is 0.223 e. The third-order valence-electron chi connectivity index (χ3n) is 4.44. The molecule has 6 heteroatoms. The minimum absolute atomic E-state index is 0.172. The molecule has 1 atom stereocenters. The van der Waals surface area contributed by atoms with Crippen LogP contribution >= 0.6 is 0 Å². The molecule has 1 aliphatic rings. The van der Waals surface area contributed by atoms with Crippen LogP contribution in [-0.2, 0) is 11.2 Å². The van der Waals surface area contributed by atoms with E-state index in [4.69, 9.17) is 0 Å². The second-order valence-corrected chi connectivity index (χ2v) is 5.92. The van der Waals surface area contributed by atoms with Crippen LogP contribution in [0.4, 0.5) is 0 Å². The molecule has 0 spiro atoms. The van der Waals surface area contributed by atoms with E-state index >= 15 is 0 Å². The molecule has 1 aromatic carbocycles. The average Bonchev–Trinajstić information content (AvgIpc) is 3.18. The number of likely N-dealkylation sites (tertiary alicyclic amines) is 1. The first-order chi connectivity index (χ1) is 10.6. The molecule has 1 N–H and O–H groups in total. The Morgan fingerprint density at radius 2 is 2.23 bits per heavy atom. The van der Waals surface area contributed by atoms with Gasteiger partial charge in [0.15, 0.2) is 5.82 Å². The summed E-state index contributed by atoms with van der Waals surface area (Å²) in [6, 6.07) is 6.71. The Bertz CT molecular complexity index is 653. The summed E-state index contributed by atoms with van der Waals surface area (Å²) in [7, 11) is 0. The summed E-state index contributed by atoms with van der Waals surface area (Å²) in [6.45, 7) is 5.07. The number of nitrogens with zero attached hydrogens (tertiary/aromatic N) is 4. The van der Waals surface area contributed by atoms with Crippen molar-refractivity contribution < 1.29 is 4.79 Å². The number of aromatic amines is 1. The third-order valence-corrected chi connectivity index (χ3v) is 4.44. The van der Waals surface area contributed by atoms with Crippen molar-refractivity contribution in [2.45, 2.75) is 45.6 Å². The molecule has 1 amide bonds. The van der Waals surface area contributed by atoms with Crippen molar-refractivity contribution in [1.29, 1.82) is 0 Å². The highest BCUT2D eigenvalue weighted by molar-refractivity contribution is 5.77. The molecule has 116 valence electrons. The standard InChI is InChI=1S/C16H21N5O/c1-11-5-6-13(10-12(11)2)14-4-3-9-21(14)16(22)8-7-15-17-19-20-18-15/h5-6,10,14H,3-4,7-9H2,1-2H3,(H,17,18,19,20). The van der Waals surface area contributed by atoms with Gasteiger partial charge in [0.05, 0.1) is 6.04 Å². The molecule has 1 aromatic heterocycles. The second-order valence-electron chi connectivity index (χ2n) is 5.92. The number of amides is 1. The maximum absolute atomic E-state index is 12.5. The zero-order valence-electron chi connectivity index (χ0n) is 13.0. The molecule has 0 aliphatic carbocycles. The number of aromatic nitrogens is 4. The molecule has 6 nitrogen and oxygen atoms in total. The maximum Gasteiger partial charge on any atom is 0.223 e. The lowest BCUT2D eigenvalue weighted by molar-refractivity contribution is -0.132. The molecule has 0 bridgehead atoms. The number of benzene rings is 1. The predicted molar refractivity (Wildman–Crippen MR) is 82.1 cm³/mol. The van der Waals surface area contributed by atoms with Gasteiger partial charge in [-0.3, -0.25) is 4.79 Å². The van der Waals surface area contributed by atoms with E-state index in [1.807, 2.05) is 4.90 Å². The monoisotopic (exact) mass is 299 g/mol. The Balaban J connectivity index is 1.69. The molecule has 2 heterocycles. The Kier molecular flexibility index (Phi) is 4.18. The van der Waals surface area contributed by atoms with Crippen LogP contribution in [0, 0.1) is 13.8 Å². The Morgan fingerprint density at radius 1 is 1.36 bits per heavy atom. The first-order valence-corrected chi connectivity index (χ1v) is 7.74. The summed E-state index contributed by atoms with van der Waals surface area (Å²) in [5.74, 6) is 0.765. The molecular formula is C16H21N5O. The number of hydrogen-bond donors (Lipinski definition) is 1. The van der Waals surface area contributed by atoms with Gasteiger partial charge < -0.3 is 4.90 Å². The van der Waals surface area contributed by atoms with Crippen LogP contribution in [-0.4, -0.2) is 38.0 Å². The number of hydrogen-bond acceptors (Lipinski definition) is 4. The summed E-state index contributed by atoms with van der Waals surface area (Å²) in [5.41, 5.74) is 3.81. The number of nitrogens with one attached hydrogen (secondary N) is 1. The minimum Gasteiger partial charge on any atom is -0.336 e. The number of aryl methyl sites for hydroxylation is 3. The van der Waals surface area contributed by atoms with Crippen molar-refractivity contribution in [3.8, 4) is 0 Å². The molecule has 0 saturated carbocycles. The zero-order chi connectivity index (χ0) is 15.5. The Hall–Kier alpha value is -2.24. The summed E-state index contributed by atoms with van der Waals surface area (Å²) in [5, 5.41) is 13.7. The zero-order valence-corrected chi connectivity index (χ0v) is 13.0.